The minimum atomic E-state index is -0.816. The number of carboxylic acid groups (broad SMARTS) is 1. The van der Waals surface area contributed by atoms with Crippen LogP contribution in [0.5, 0.6) is 0 Å². The summed E-state index contributed by atoms with van der Waals surface area (Å²) >= 11 is 0. The van der Waals surface area contributed by atoms with Crippen LogP contribution in [0.3, 0.4) is 0 Å². The predicted molar refractivity (Wildman–Crippen MR) is 72.7 cm³/mol. The monoisotopic (exact) mass is 317 g/mol. The number of rotatable bonds is 3. The van der Waals surface area contributed by atoms with Gasteiger partial charge in [0, 0.05) is 0 Å². The number of hydrogen-bond donors (Lipinski definition) is 2. The molecule has 0 spiro atoms. The third kappa shape index (κ3) is 3.53. The molecule has 1 aliphatic rings. The van der Waals surface area contributed by atoms with E-state index in [1.165, 1.54) is 12.1 Å². The van der Waals surface area contributed by atoms with Crippen LogP contribution in [0.1, 0.15) is 24.3 Å². The third-order valence-corrected chi connectivity index (χ3v) is 3.35. The van der Waals surface area contributed by atoms with Gasteiger partial charge in [-0.1, -0.05) is 12.1 Å². The van der Waals surface area contributed by atoms with Gasteiger partial charge >= 0.3 is 5.97 Å². The normalized spacial score (nSPS) is 17.8. The minimum Gasteiger partial charge on any atom is -0.481 e. The van der Waals surface area contributed by atoms with Crippen LogP contribution < -0.4 is 5.32 Å². The summed E-state index contributed by atoms with van der Waals surface area (Å²) in [6.45, 7) is 1.71. The zero-order valence-electron chi connectivity index (χ0n) is 9.93. The van der Waals surface area contributed by atoms with Crippen LogP contribution in [-0.2, 0) is 4.79 Å². The lowest BCUT2D eigenvalue weighted by Crippen LogP contribution is -2.33. The highest BCUT2D eigenvalue weighted by atomic mass is 79.9. The van der Waals surface area contributed by atoms with E-state index >= 15 is 0 Å². The van der Waals surface area contributed by atoms with Gasteiger partial charge in [0.05, 0.1) is 5.92 Å². The Kier molecular flexibility index (Phi) is 5.75. The zero-order valence-corrected chi connectivity index (χ0v) is 11.6. The van der Waals surface area contributed by atoms with E-state index in [9.17, 15) is 14.3 Å². The summed E-state index contributed by atoms with van der Waals surface area (Å²) in [6.07, 6.45) is 1.71. The molecule has 0 amide bonds. The Hall–Kier alpha value is -0.940. The molecule has 1 unspecified atom stereocenters. The van der Waals surface area contributed by atoms with Gasteiger partial charge in [0.2, 0.25) is 0 Å². The van der Waals surface area contributed by atoms with E-state index in [4.69, 9.17) is 0 Å². The van der Waals surface area contributed by atoms with Crippen LogP contribution in [0.25, 0.3) is 0 Å². The van der Waals surface area contributed by atoms with E-state index in [-0.39, 0.29) is 28.7 Å². The summed E-state index contributed by atoms with van der Waals surface area (Å²) in [6, 6.07) is 5.81. The maximum absolute atomic E-state index is 12.8. The number of carboxylic acids is 1. The molecular formula is C13H17BrFNO2. The fraction of sp³-hybridized carbons (Fsp3) is 0.462. The lowest BCUT2D eigenvalue weighted by molar-refractivity contribution is -0.140. The number of aliphatic carboxylic acids is 1. The van der Waals surface area contributed by atoms with Gasteiger partial charge in [0.1, 0.15) is 5.82 Å². The van der Waals surface area contributed by atoms with Crippen molar-refractivity contribution in [2.75, 3.05) is 13.1 Å². The number of hydrogen-bond acceptors (Lipinski definition) is 2. The molecule has 1 atom stereocenters. The SMILES string of the molecule is Br.O=C(O)C(c1ccc(F)cc1)C1CCNCC1. The van der Waals surface area contributed by atoms with Crippen LogP contribution >= 0.6 is 17.0 Å². The summed E-state index contributed by atoms with van der Waals surface area (Å²) in [5.41, 5.74) is 0.700. The highest BCUT2D eigenvalue weighted by Gasteiger charge is 2.30. The van der Waals surface area contributed by atoms with Crippen molar-refractivity contribution < 1.29 is 14.3 Å². The molecule has 18 heavy (non-hydrogen) atoms. The summed E-state index contributed by atoms with van der Waals surface area (Å²) in [5.74, 6) is -1.52. The molecule has 1 heterocycles. The summed E-state index contributed by atoms with van der Waals surface area (Å²) < 4.78 is 12.8. The van der Waals surface area contributed by atoms with Crippen LogP contribution in [0, 0.1) is 11.7 Å². The van der Waals surface area contributed by atoms with Gasteiger partial charge in [-0.25, -0.2) is 4.39 Å². The van der Waals surface area contributed by atoms with Crippen LogP contribution in [0.4, 0.5) is 4.39 Å². The standard InChI is InChI=1S/C13H16FNO2.BrH/c14-11-3-1-9(2-4-11)12(13(16)17)10-5-7-15-8-6-10;/h1-4,10,12,15H,5-8H2,(H,16,17);1H. The lowest BCUT2D eigenvalue weighted by atomic mass is 9.80. The summed E-state index contributed by atoms with van der Waals surface area (Å²) in [7, 11) is 0. The van der Waals surface area contributed by atoms with E-state index in [1.54, 1.807) is 12.1 Å². The number of benzene rings is 1. The van der Waals surface area contributed by atoms with Gasteiger partial charge in [0.25, 0.3) is 0 Å². The number of nitrogens with one attached hydrogen (secondary N) is 1. The molecule has 0 aliphatic carbocycles. The molecule has 0 radical (unpaired) electrons. The van der Waals surface area contributed by atoms with E-state index in [0.717, 1.165) is 25.9 Å². The van der Waals surface area contributed by atoms with Crippen LogP contribution in [-0.4, -0.2) is 24.2 Å². The zero-order chi connectivity index (χ0) is 12.3. The average Bonchev–Trinajstić information content (AvgIpc) is 2.33. The van der Waals surface area contributed by atoms with Crippen molar-refractivity contribution in [3.05, 3.63) is 35.6 Å². The van der Waals surface area contributed by atoms with Crippen molar-refractivity contribution in [2.45, 2.75) is 18.8 Å². The fourth-order valence-corrected chi connectivity index (χ4v) is 2.46. The maximum atomic E-state index is 12.8. The molecule has 0 aromatic heterocycles. The molecule has 0 bridgehead atoms. The highest BCUT2D eigenvalue weighted by Crippen LogP contribution is 2.31. The predicted octanol–water partition coefficient (Wildman–Crippen LogP) is 2.57. The van der Waals surface area contributed by atoms with Gasteiger partial charge in [-0.15, -0.1) is 17.0 Å². The van der Waals surface area contributed by atoms with Crippen molar-refractivity contribution in [3.8, 4) is 0 Å². The van der Waals surface area contributed by atoms with Gasteiger partial charge in [-0.05, 0) is 49.5 Å². The Balaban J connectivity index is 0.00000162. The number of carbonyl (C=O) groups is 1. The molecule has 1 fully saturated rings. The summed E-state index contributed by atoms with van der Waals surface area (Å²) in [5, 5.41) is 12.6. The third-order valence-electron chi connectivity index (χ3n) is 3.35. The van der Waals surface area contributed by atoms with E-state index in [0.29, 0.717) is 5.56 Å². The Bertz CT molecular complexity index is 390. The molecular weight excluding hydrogens is 301 g/mol. The average molecular weight is 318 g/mol. The Morgan fingerprint density at radius 2 is 1.83 bits per heavy atom. The molecule has 100 valence electrons. The molecule has 2 rings (SSSR count). The first kappa shape index (κ1) is 15.1. The quantitative estimate of drug-likeness (QED) is 0.900. The Morgan fingerprint density at radius 3 is 2.33 bits per heavy atom. The Morgan fingerprint density at radius 1 is 1.28 bits per heavy atom. The van der Waals surface area contributed by atoms with Gasteiger partial charge in [0.15, 0.2) is 0 Å². The van der Waals surface area contributed by atoms with Crippen molar-refractivity contribution >= 4 is 23.0 Å². The van der Waals surface area contributed by atoms with E-state index < -0.39 is 11.9 Å². The first-order valence-electron chi connectivity index (χ1n) is 5.87. The highest BCUT2D eigenvalue weighted by molar-refractivity contribution is 8.93. The molecule has 1 aromatic carbocycles. The van der Waals surface area contributed by atoms with Gasteiger partial charge < -0.3 is 10.4 Å². The molecule has 3 nitrogen and oxygen atoms in total. The molecule has 1 saturated heterocycles. The van der Waals surface area contributed by atoms with Crippen molar-refractivity contribution in [1.29, 1.82) is 0 Å². The second-order valence-corrected chi connectivity index (χ2v) is 4.45. The first-order valence-corrected chi connectivity index (χ1v) is 5.87. The van der Waals surface area contributed by atoms with Crippen molar-refractivity contribution in [2.24, 2.45) is 5.92 Å². The fourth-order valence-electron chi connectivity index (χ4n) is 2.46. The van der Waals surface area contributed by atoms with Crippen molar-refractivity contribution in [3.63, 3.8) is 0 Å². The number of halogens is 2. The van der Waals surface area contributed by atoms with Gasteiger partial charge in [-0.2, -0.15) is 0 Å². The van der Waals surface area contributed by atoms with E-state index in [2.05, 4.69) is 5.32 Å². The topological polar surface area (TPSA) is 49.3 Å². The summed E-state index contributed by atoms with van der Waals surface area (Å²) in [4.78, 5) is 11.4. The second kappa shape index (κ2) is 6.85. The number of piperidine rings is 1. The van der Waals surface area contributed by atoms with Crippen LogP contribution in [0.15, 0.2) is 24.3 Å². The molecule has 5 heteroatoms. The smallest absolute Gasteiger partial charge is 0.311 e. The van der Waals surface area contributed by atoms with Crippen molar-refractivity contribution in [1.82, 2.24) is 5.32 Å². The molecule has 0 saturated carbocycles. The lowest BCUT2D eigenvalue weighted by Gasteiger charge is -2.28. The maximum Gasteiger partial charge on any atom is 0.311 e. The Labute approximate surface area is 116 Å². The molecule has 1 aromatic rings. The van der Waals surface area contributed by atoms with Gasteiger partial charge in [-0.3, -0.25) is 4.79 Å². The second-order valence-electron chi connectivity index (χ2n) is 4.45. The molecule has 1 aliphatic heterocycles. The largest absolute Gasteiger partial charge is 0.481 e. The molecule has 2 N–H and O–H groups in total. The van der Waals surface area contributed by atoms with Crippen LogP contribution in [0.2, 0.25) is 0 Å². The minimum absolute atomic E-state index is 0. The first-order chi connectivity index (χ1) is 8.18. The van der Waals surface area contributed by atoms with E-state index in [1.807, 2.05) is 0 Å².